The molecule has 2 aromatic heterocycles. The Morgan fingerprint density at radius 2 is 1.83 bits per heavy atom. The number of carbonyl (C=O) groups is 1. The molecule has 3 rings (SSSR count). The molecule has 0 spiro atoms. The Morgan fingerprint density at radius 1 is 1.17 bits per heavy atom. The van der Waals surface area contributed by atoms with Crippen molar-refractivity contribution in [3.8, 4) is 5.69 Å². The van der Waals surface area contributed by atoms with Crippen LogP contribution in [0.2, 0.25) is 0 Å². The molecule has 2 N–H and O–H groups in total. The normalized spacial score (nSPS) is 11.6. The Bertz CT molecular complexity index is 1210. The van der Waals surface area contributed by atoms with Gasteiger partial charge in [0.25, 0.3) is 19.9 Å². The number of hydrogen-bond donors (Lipinski definition) is 2. The lowest BCUT2D eigenvalue weighted by molar-refractivity contribution is -0.118. The van der Waals surface area contributed by atoms with E-state index in [0.717, 1.165) is 0 Å². The molecular formula is C17H20N6O4S2. The van der Waals surface area contributed by atoms with Gasteiger partial charge in [-0.1, -0.05) is 43.4 Å². The van der Waals surface area contributed by atoms with Crippen molar-refractivity contribution in [1.82, 2.24) is 19.6 Å². The lowest BCUT2D eigenvalue weighted by Gasteiger charge is -2.07. The zero-order valence-electron chi connectivity index (χ0n) is 16.2. The number of aromatic nitrogens is 4. The summed E-state index contributed by atoms with van der Waals surface area (Å²) in [5, 5.41) is 9.89. The Hall–Kier alpha value is -2.99. The van der Waals surface area contributed by atoms with Crippen LogP contribution in [0, 0.1) is 12.8 Å². The van der Waals surface area contributed by atoms with E-state index in [2.05, 4.69) is 20.2 Å². The molecule has 12 heteroatoms. The van der Waals surface area contributed by atoms with E-state index in [1.54, 1.807) is 56.8 Å². The molecule has 0 fully saturated rings. The van der Waals surface area contributed by atoms with Crippen molar-refractivity contribution in [1.29, 1.82) is 0 Å². The number of nitrogens with zero attached hydrogens (tertiary/aromatic N) is 4. The zero-order valence-corrected chi connectivity index (χ0v) is 17.8. The third kappa shape index (κ3) is 4.07. The largest absolute Gasteiger partial charge is 0.300 e. The van der Waals surface area contributed by atoms with E-state index in [1.165, 1.54) is 4.68 Å². The first-order valence-electron chi connectivity index (χ1n) is 8.63. The summed E-state index contributed by atoms with van der Waals surface area (Å²) in [6, 6.07) is 8.87. The summed E-state index contributed by atoms with van der Waals surface area (Å²) >= 11 is 0.704. The molecule has 0 saturated heterocycles. The van der Waals surface area contributed by atoms with Crippen LogP contribution in [-0.4, -0.2) is 33.9 Å². The summed E-state index contributed by atoms with van der Waals surface area (Å²) in [4.78, 5) is 24.6. The predicted molar refractivity (Wildman–Crippen MR) is 110 cm³/mol. The van der Waals surface area contributed by atoms with Gasteiger partial charge in [0.15, 0.2) is 0 Å². The first-order chi connectivity index (χ1) is 13.6. The zero-order chi connectivity index (χ0) is 21.3. The average molecular weight is 437 g/mol. The minimum Gasteiger partial charge on any atom is -0.300 e. The fourth-order valence-electron chi connectivity index (χ4n) is 2.48. The highest BCUT2D eigenvalue weighted by Crippen LogP contribution is 2.23. The van der Waals surface area contributed by atoms with Crippen LogP contribution < -0.4 is 15.6 Å². The molecule has 0 unspecified atom stereocenters. The van der Waals surface area contributed by atoms with E-state index in [1.807, 2.05) is 6.07 Å². The van der Waals surface area contributed by atoms with Gasteiger partial charge in [0.1, 0.15) is 5.69 Å². The van der Waals surface area contributed by atoms with Gasteiger partial charge in [0, 0.05) is 13.0 Å². The number of sulfonamides is 1. The van der Waals surface area contributed by atoms with Crippen LogP contribution in [0.3, 0.4) is 0 Å². The van der Waals surface area contributed by atoms with Gasteiger partial charge < -0.3 is 5.32 Å². The van der Waals surface area contributed by atoms with Gasteiger partial charge in [-0.3, -0.25) is 19.0 Å². The number of hydrogen-bond acceptors (Lipinski definition) is 7. The Balaban J connectivity index is 1.93. The van der Waals surface area contributed by atoms with Crippen molar-refractivity contribution < 1.29 is 13.2 Å². The van der Waals surface area contributed by atoms with Gasteiger partial charge in [-0.05, 0) is 19.1 Å². The third-order valence-electron chi connectivity index (χ3n) is 4.18. The number of anilines is 2. The summed E-state index contributed by atoms with van der Waals surface area (Å²) in [5.74, 6) is -0.594. The van der Waals surface area contributed by atoms with Gasteiger partial charge in [-0.2, -0.15) is 8.42 Å². The fourth-order valence-corrected chi connectivity index (χ4v) is 4.50. The maximum absolute atomic E-state index is 12.9. The van der Waals surface area contributed by atoms with Gasteiger partial charge in [-0.15, -0.1) is 10.2 Å². The maximum atomic E-state index is 12.9. The summed E-state index contributed by atoms with van der Waals surface area (Å²) in [5.41, 5.74) is 0.431. The molecule has 1 amide bonds. The molecule has 2 heterocycles. The average Bonchev–Trinajstić information content (AvgIpc) is 3.22. The minimum atomic E-state index is -4.16. The van der Waals surface area contributed by atoms with Crippen LogP contribution in [0.5, 0.6) is 0 Å². The monoisotopic (exact) mass is 436 g/mol. The van der Waals surface area contributed by atoms with Gasteiger partial charge in [-0.25, -0.2) is 4.68 Å². The number of para-hydroxylation sites is 1. The van der Waals surface area contributed by atoms with E-state index < -0.39 is 15.6 Å². The number of nitrogens with one attached hydrogen (secondary N) is 2. The molecule has 10 nitrogen and oxygen atoms in total. The standard InChI is InChI=1S/C17H20N6O4S2/c1-10(2)14(24)18-16-19-20-17(28-16)29(26,27)21-13-11(3)22(4)23(15(13)25)12-8-6-5-7-9-12/h5-10,21H,1-4H3,(H,18,19,24). The van der Waals surface area contributed by atoms with E-state index >= 15 is 0 Å². The summed E-state index contributed by atoms with van der Waals surface area (Å²) in [7, 11) is -2.50. The van der Waals surface area contributed by atoms with Crippen molar-refractivity contribution in [2.45, 2.75) is 25.1 Å². The first-order valence-corrected chi connectivity index (χ1v) is 10.9. The lowest BCUT2D eigenvalue weighted by Crippen LogP contribution is -2.23. The second-order valence-electron chi connectivity index (χ2n) is 6.56. The summed E-state index contributed by atoms with van der Waals surface area (Å²) < 4.78 is 30.3. The minimum absolute atomic E-state index is 0.0653. The van der Waals surface area contributed by atoms with Gasteiger partial charge >= 0.3 is 0 Å². The van der Waals surface area contributed by atoms with E-state index in [4.69, 9.17) is 0 Å². The number of rotatable bonds is 6. The van der Waals surface area contributed by atoms with Gasteiger partial charge in [0.05, 0.1) is 11.4 Å². The van der Waals surface area contributed by atoms with Crippen LogP contribution in [0.4, 0.5) is 10.8 Å². The molecule has 1 aromatic carbocycles. The molecule has 3 aromatic rings. The van der Waals surface area contributed by atoms with Crippen molar-refractivity contribution in [3.63, 3.8) is 0 Å². The van der Waals surface area contributed by atoms with Crippen LogP contribution in [0.25, 0.3) is 5.69 Å². The van der Waals surface area contributed by atoms with E-state index in [9.17, 15) is 18.0 Å². The summed E-state index contributed by atoms with van der Waals surface area (Å²) in [6.45, 7) is 5.03. The number of benzene rings is 1. The Kier molecular flexibility index (Phi) is 5.57. The topological polar surface area (TPSA) is 128 Å². The highest BCUT2D eigenvalue weighted by Gasteiger charge is 2.26. The second kappa shape index (κ2) is 7.79. The van der Waals surface area contributed by atoms with E-state index in [-0.39, 0.29) is 27.0 Å². The molecule has 0 saturated carbocycles. The SMILES string of the molecule is Cc1c(NS(=O)(=O)c2nnc(NC(=O)C(C)C)s2)c(=O)n(-c2ccccc2)n1C. The van der Waals surface area contributed by atoms with Crippen LogP contribution >= 0.6 is 11.3 Å². The van der Waals surface area contributed by atoms with Crippen molar-refractivity contribution >= 4 is 38.1 Å². The summed E-state index contributed by atoms with van der Waals surface area (Å²) in [6.07, 6.45) is 0. The smallest absolute Gasteiger partial charge is 0.296 e. The highest BCUT2D eigenvalue weighted by molar-refractivity contribution is 7.94. The molecule has 0 aliphatic heterocycles. The van der Waals surface area contributed by atoms with Crippen molar-refractivity contribution in [3.05, 3.63) is 46.4 Å². The highest BCUT2D eigenvalue weighted by atomic mass is 32.2. The Morgan fingerprint density at radius 3 is 2.45 bits per heavy atom. The lowest BCUT2D eigenvalue weighted by atomic mass is 10.2. The maximum Gasteiger partial charge on any atom is 0.296 e. The van der Waals surface area contributed by atoms with Gasteiger partial charge in [0.2, 0.25) is 11.0 Å². The molecule has 0 bridgehead atoms. The molecule has 154 valence electrons. The molecule has 0 atom stereocenters. The molecule has 0 aliphatic rings. The first kappa shape index (κ1) is 20.7. The number of carbonyl (C=O) groups excluding carboxylic acids is 1. The fraction of sp³-hybridized carbons (Fsp3) is 0.294. The van der Waals surface area contributed by atoms with Crippen molar-refractivity contribution in [2.75, 3.05) is 10.0 Å². The second-order valence-corrected chi connectivity index (χ2v) is 9.39. The molecular weight excluding hydrogens is 416 g/mol. The third-order valence-corrected chi connectivity index (χ3v) is 6.74. The Labute approximate surface area is 171 Å². The number of amides is 1. The van der Waals surface area contributed by atoms with Crippen molar-refractivity contribution in [2.24, 2.45) is 13.0 Å². The van der Waals surface area contributed by atoms with Crippen LogP contribution in [0.1, 0.15) is 19.5 Å². The molecule has 0 radical (unpaired) electrons. The predicted octanol–water partition coefficient (Wildman–Crippen LogP) is 1.73. The van der Waals surface area contributed by atoms with Crippen LogP contribution in [-0.2, 0) is 21.9 Å². The molecule has 0 aliphatic carbocycles. The van der Waals surface area contributed by atoms with E-state index in [0.29, 0.717) is 22.7 Å². The quantitative estimate of drug-likeness (QED) is 0.567. The van der Waals surface area contributed by atoms with Crippen LogP contribution in [0.15, 0.2) is 39.5 Å². The molecule has 29 heavy (non-hydrogen) atoms.